The molecular formula is C17H18N3O5+. The van der Waals surface area contributed by atoms with Gasteiger partial charge in [-0.1, -0.05) is 12.1 Å². The van der Waals surface area contributed by atoms with Gasteiger partial charge < -0.3 is 14.9 Å². The first-order valence-electron chi connectivity index (χ1n) is 7.78. The fraction of sp³-hybridized carbons (Fsp3) is 0.235. The van der Waals surface area contributed by atoms with E-state index in [-0.39, 0.29) is 18.9 Å². The average molecular weight is 344 g/mol. The minimum Gasteiger partial charge on any atom is -0.491 e. The normalized spacial score (nSPS) is 16.9. The molecule has 130 valence electrons. The molecule has 0 bridgehead atoms. The van der Waals surface area contributed by atoms with Crippen molar-refractivity contribution in [2.75, 3.05) is 19.8 Å². The van der Waals surface area contributed by atoms with Gasteiger partial charge in [0.15, 0.2) is 5.69 Å². The number of nitrogens with zero attached hydrogens (tertiary/aromatic N) is 2. The summed E-state index contributed by atoms with van der Waals surface area (Å²) in [4.78, 5) is 15.3. The van der Waals surface area contributed by atoms with Crippen LogP contribution in [0.4, 0.5) is 17.1 Å². The lowest BCUT2D eigenvalue weighted by molar-refractivity contribution is -0.735. The van der Waals surface area contributed by atoms with E-state index in [1.807, 2.05) is 24.3 Å². The Labute approximate surface area is 143 Å². The summed E-state index contributed by atoms with van der Waals surface area (Å²) in [5.74, 6) is 0.994. The third-order valence-corrected chi connectivity index (χ3v) is 3.91. The molecule has 0 aromatic heterocycles. The quantitative estimate of drug-likeness (QED) is 0.503. The number of hydrogen-bond acceptors (Lipinski definition) is 6. The molecule has 0 fully saturated rings. The summed E-state index contributed by atoms with van der Waals surface area (Å²) >= 11 is 0. The third-order valence-electron chi connectivity index (χ3n) is 3.91. The van der Waals surface area contributed by atoms with Gasteiger partial charge in [-0.3, -0.25) is 15.0 Å². The molecule has 8 heteroatoms. The van der Waals surface area contributed by atoms with Crippen LogP contribution >= 0.6 is 0 Å². The van der Waals surface area contributed by atoms with Crippen LogP contribution in [0.1, 0.15) is 0 Å². The monoisotopic (exact) mass is 344 g/mol. The lowest BCUT2D eigenvalue weighted by Crippen LogP contribution is -3.10. The molecule has 2 atom stereocenters. The van der Waals surface area contributed by atoms with Crippen molar-refractivity contribution in [2.24, 2.45) is 4.99 Å². The molecule has 3 N–H and O–H groups in total. The van der Waals surface area contributed by atoms with Crippen LogP contribution in [0.25, 0.3) is 0 Å². The van der Waals surface area contributed by atoms with E-state index in [9.17, 15) is 20.3 Å². The van der Waals surface area contributed by atoms with Crippen molar-refractivity contribution < 1.29 is 24.8 Å². The highest BCUT2D eigenvalue weighted by atomic mass is 16.6. The van der Waals surface area contributed by atoms with E-state index in [0.717, 1.165) is 16.3 Å². The van der Waals surface area contributed by atoms with Crippen molar-refractivity contribution in [1.29, 1.82) is 0 Å². The van der Waals surface area contributed by atoms with Crippen LogP contribution in [0.5, 0.6) is 5.75 Å². The average Bonchev–Trinajstić information content (AvgIpc) is 2.98. The summed E-state index contributed by atoms with van der Waals surface area (Å²) in [5, 5.41) is 30.4. The molecule has 2 aromatic rings. The fourth-order valence-electron chi connectivity index (χ4n) is 2.70. The highest BCUT2D eigenvalue weighted by molar-refractivity contribution is 5.86. The van der Waals surface area contributed by atoms with Crippen molar-refractivity contribution in [1.82, 2.24) is 0 Å². The summed E-state index contributed by atoms with van der Waals surface area (Å²) in [6, 6.07) is 13.2. The van der Waals surface area contributed by atoms with Crippen LogP contribution in [-0.2, 0) is 0 Å². The number of nitro benzene ring substituents is 1. The topological polar surface area (TPSA) is 110 Å². The highest BCUT2D eigenvalue weighted by Gasteiger charge is 2.31. The minimum absolute atomic E-state index is 0.0187. The van der Waals surface area contributed by atoms with Gasteiger partial charge in [0.05, 0.1) is 4.92 Å². The van der Waals surface area contributed by atoms with E-state index in [1.165, 1.54) is 24.3 Å². The van der Waals surface area contributed by atoms with Gasteiger partial charge in [-0.15, -0.1) is 0 Å². The van der Waals surface area contributed by atoms with Crippen LogP contribution in [0.3, 0.4) is 0 Å². The van der Waals surface area contributed by atoms with Crippen molar-refractivity contribution in [3.8, 4) is 5.75 Å². The number of nitrogens with one attached hydrogen (secondary N) is 1. The van der Waals surface area contributed by atoms with Crippen molar-refractivity contribution in [3.05, 3.63) is 58.6 Å². The van der Waals surface area contributed by atoms with Crippen LogP contribution in [0.2, 0.25) is 0 Å². The number of aliphatic hydroxyl groups excluding tert-OH is 2. The van der Waals surface area contributed by atoms with E-state index in [1.54, 1.807) is 0 Å². The van der Waals surface area contributed by atoms with E-state index >= 15 is 0 Å². The van der Waals surface area contributed by atoms with Crippen LogP contribution in [-0.4, -0.2) is 46.8 Å². The highest BCUT2D eigenvalue weighted by Crippen LogP contribution is 2.24. The van der Waals surface area contributed by atoms with Gasteiger partial charge in [0, 0.05) is 18.2 Å². The molecule has 2 unspecified atom stereocenters. The SMILES string of the molecule is O=[N+]([O-])c1ccc(OCC(O)C[NH+]2C(CO)=Nc3ccccc32)cc1. The maximum absolute atomic E-state index is 10.6. The number of para-hydroxylation sites is 2. The Kier molecular flexibility index (Phi) is 5.03. The Balaban J connectivity index is 1.60. The number of fused-ring (bicyclic) bond motifs is 1. The zero-order valence-electron chi connectivity index (χ0n) is 13.3. The van der Waals surface area contributed by atoms with Gasteiger partial charge in [0.25, 0.3) is 5.69 Å². The maximum Gasteiger partial charge on any atom is 0.269 e. The first-order chi connectivity index (χ1) is 12.1. The Bertz CT molecular complexity index is 791. The Morgan fingerprint density at radius 1 is 1.20 bits per heavy atom. The molecule has 8 nitrogen and oxygen atoms in total. The first kappa shape index (κ1) is 17.0. The minimum atomic E-state index is -0.798. The largest absolute Gasteiger partial charge is 0.491 e. The molecule has 0 saturated heterocycles. The predicted octanol–water partition coefficient (Wildman–Crippen LogP) is 0.587. The van der Waals surface area contributed by atoms with Gasteiger partial charge >= 0.3 is 0 Å². The van der Waals surface area contributed by atoms with Crippen LogP contribution in [0.15, 0.2) is 53.5 Å². The molecule has 1 aliphatic rings. The lowest BCUT2D eigenvalue weighted by Gasteiger charge is -2.18. The molecule has 1 heterocycles. The van der Waals surface area contributed by atoms with Crippen molar-refractivity contribution in [3.63, 3.8) is 0 Å². The molecule has 3 rings (SSSR count). The Morgan fingerprint density at radius 2 is 1.92 bits per heavy atom. The number of aliphatic hydroxyl groups is 2. The smallest absolute Gasteiger partial charge is 0.269 e. The maximum atomic E-state index is 10.6. The van der Waals surface area contributed by atoms with E-state index < -0.39 is 11.0 Å². The van der Waals surface area contributed by atoms with Crippen LogP contribution < -0.4 is 9.64 Å². The number of nitro groups is 1. The summed E-state index contributed by atoms with van der Waals surface area (Å²) in [6.07, 6.45) is -0.798. The number of benzene rings is 2. The predicted molar refractivity (Wildman–Crippen MR) is 90.7 cm³/mol. The molecule has 0 radical (unpaired) electrons. The summed E-state index contributed by atoms with van der Waals surface area (Å²) in [7, 11) is 0. The molecule has 25 heavy (non-hydrogen) atoms. The number of ether oxygens (including phenoxy) is 1. The Morgan fingerprint density at radius 3 is 2.60 bits per heavy atom. The molecule has 0 spiro atoms. The van der Waals surface area contributed by atoms with Gasteiger partial charge in [-0.2, -0.15) is 4.99 Å². The molecule has 0 saturated carbocycles. The zero-order chi connectivity index (χ0) is 17.8. The molecule has 1 aliphatic heterocycles. The summed E-state index contributed by atoms with van der Waals surface area (Å²) < 4.78 is 5.48. The third kappa shape index (κ3) is 3.82. The second kappa shape index (κ2) is 7.39. The number of non-ortho nitro benzene ring substituents is 1. The number of amidine groups is 1. The number of aliphatic imine (C=N–C) groups is 1. The lowest BCUT2D eigenvalue weighted by atomic mass is 10.2. The van der Waals surface area contributed by atoms with E-state index in [0.29, 0.717) is 18.1 Å². The van der Waals surface area contributed by atoms with Gasteiger partial charge in [-0.05, 0) is 18.2 Å². The van der Waals surface area contributed by atoms with Gasteiger partial charge in [0.2, 0.25) is 5.84 Å². The fourth-order valence-corrected chi connectivity index (χ4v) is 2.70. The second-order valence-corrected chi connectivity index (χ2v) is 5.63. The first-order valence-corrected chi connectivity index (χ1v) is 7.78. The Hall–Kier alpha value is -2.81. The van der Waals surface area contributed by atoms with Crippen molar-refractivity contribution in [2.45, 2.75) is 6.10 Å². The standard InChI is InChI=1S/C17H17N3O5/c21-10-17-18-15-3-1-2-4-16(15)19(17)9-13(22)11-25-14-7-5-12(6-8-14)20(23)24/h1-8,13,21-22H,9-11H2/p+1. The van der Waals surface area contributed by atoms with E-state index in [2.05, 4.69) is 4.99 Å². The van der Waals surface area contributed by atoms with Gasteiger partial charge in [-0.25, -0.2) is 0 Å². The second-order valence-electron chi connectivity index (χ2n) is 5.63. The number of quaternary nitrogens is 1. The van der Waals surface area contributed by atoms with Crippen molar-refractivity contribution >= 4 is 22.9 Å². The van der Waals surface area contributed by atoms with Crippen LogP contribution in [0, 0.1) is 10.1 Å². The molecule has 0 aliphatic carbocycles. The summed E-state index contributed by atoms with van der Waals surface area (Å²) in [5.41, 5.74) is 1.67. The summed E-state index contributed by atoms with van der Waals surface area (Å²) in [6.45, 7) is 0.130. The zero-order valence-corrected chi connectivity index (χ0v) is 13.3. The molecular weight excluding hydrogens is 326 g/mol. The molecule has 0 amide bonds. The van der Waals surface area contributed by atoms with Gasteiger partial charge in [0.1, 0.15) is 37.3 Å². The molecule has 2 aromatic carbocycles. The number of rotatable bonds is 7. The number of hydrogen-bond donors (Lipinski definition) is 3. The van der Waals surface area contributed by atoms with E-state index in [4.69, 9.17) is 4.74 Å².